The van der Waals surface area contributed by atoms with Gasteiger partial charge in [0.1, 0.15) is 5.69 Å². The fraction of sp³-hybridized carbons (Fsp3) is 0.111. The van der Waals surface area contributed by atoms with Crippen LogP contribution in [0.3, 0.4) is 0 Å². The molecule has 0 atom stereocenters. The average molecular weight is 276 g/mol. The van der Waals surface area contributed by atoms with E-state index in [1.165, 1.54) is 0 Å². The van der Waals surface area contributed by atoms with Gasteiger partial charge in [0.05, 0.1) is 11.9 Å². The Morgan fingerprint density at radius 3 is 2.48 bits per heavy atom. The highest BCUT2D eigenvalue weighted by Gasteiger charge is 2.14. The van der Waals surface area contributed by atoms with Crippen molar-refractivity contribution < 1.29 is 4.79 Å². The highest BCUT2D eigenvalue weighted by atomic mass is 16.1. The van der Waals surface area contributed by atoms with Gasteiger partial charge in [0.15, 0.2) is 5.78 Å². The molecule has 1 heterocycles. The van der Waals surface area contributed by atoms with Crippen molar-refractivity contribution in [2.45, 2.75) is 13.3 Å². The Balaban J connectivity index is 1.90. The lowest BCUT2D eigenvalue weighted by atomic mass is 10.0. The molecule has 0 saturated carbocycles. The highest BCUT2D eigenvalue weighted by Crippen LogP contribution is 2.14. The van der Waals surface area contributed by atoms with Crippen LogP contribution in [0.2, 0.25) is 0 Å². The van der Waals surface area contributed by atoms with Crippen LogP contribution in [0.5, 0.6) is 0 Å². The monoisotopic (exact) mass is 276 g/mol. The first-order valence-corrected chi connectivity index (χ1v) is 6.93. The van der Waals surface area contributed by atoms with Gasteiger partial charge in [0.2, 0.25) is 0 Å². The van der Waals surface area contributed by atoms with Gasteiger partial charge in [-0.2, -0.15) is 5.10 Å². The summed E-state index contributed by atoms with van der Waals surface area (Å²) in [5.74, 6) is 0.0747. The quantitative estimate of drug-likeness (QED) is 0.682. The molecule has 0 aliphatic rings. The topological polar surface area (TPSA) is 34.9 Å². The number of carbonyl (C=O) groups is 1. The van der Waals surface area contributed by atoms with Gasteiger partial charge in [-0.3, -0.25) is 4.79 Å². The predicted octanol–water partition coefficient (Wildman–Crippen LogP) is 3.61. The Labute approximate surface area is 123 Å². The average Bonchev–Trinajstić information content (AvgIpc) is 3.00. The number of hydrogen-bond acceptors (Lipinski definition) is 2. The Morgan fingerprint density at radius 1 is 1.00 bits per heavy atom. The third kappa shape index (κ3) is 2.77. The van der Waals surface area contributed by atoms with E-state index in [0.29, 0.717) is 12.1 Å². The summed E-state index contributed by atoms with van der Waals surface area (Å²) in [6.07, 6.45) is 2.06. The molecular weight excluding hydrogens is 260 g/mol. The number of nitrogens with zero attached hydrogens (tertiary/aromatic N) is 2. The summed E-state index contributed by atoms with van der Waals surface area (Å²) in [6.45, 7) is 2.02. The first kappa shape index (κ1) is 13.3. The number of para-hydroxylation sites is 1. The van der Waals surface area contributed by atoms with E-state index >= 15 is 0 Å². The van der Waals surface area contributed by atoms with E-state index in [9.17, 15) is 4.79 Å². The maximum atomic E-state index is 12.6. The smallest absolute Gasteiger partial charge is 0.185 e. The van der Waals surface area contributed by atoms with Crippen molar-refractivity contribution in [3.8, 4) is 5.69 Å². The van der Waals surface area contributed by atoms with Crippen molar-refractivity contribution in [1.29, 1.82) is 0 Å². The van der Waals surface area contributed by atoms with E-state index in [0.717, 1.165) is 16.8 Å². The van der Waals surface area contributed by atoms with E-state index in [2.05, 4.69) is 5.10 Å². The molecule has 0 radical (unpaired) electrons. The van der Waals surface area contributed by atoms with E-state index in [1.807, 2.05) is 61.5 Å². The van der Waals surface area contributed by atoms with E-state index in [-0.39, 0.29) is 5.78 Å². The summed E-state index contributed by atoms with van der Waals surface area (Å²) in [5, 5.41) is 4.27. The molecule has 0 fully saturated rings. The van der Waals surface area contributed by atoms with Crippen molar-refractivity contribution in [2.24, 2.45) is 0 Å². The number of rotatable bonds is 4. The zero-order valence-electron chi connectivity index (χ0n) is 11.9. The summed E-state index contributed by atoms with van der Waals surface area (Å²) in [7, 11) is 0. The Kier molecular flexibility index (Phi) is 3.65. The van der Waals surface area contributed by atoms with Gasteiger partial charge in [0.25, 0.3) is 0 Å². The summed E-state index contributed by atoms with van der Waals surface area (Å²) >= 11 is 0. The molecule has 0 aliphatic heterocycles. The van der Waals surface area contributed by atoms with Crippen LogP contribution in [0.1, 0.15) is 21.6 Å². The number of ketones is 1. The third-order valence-electron chi connectivity index (χ3n) is 3.54. The number of Topliss-reactive ketones (excluding diaryl/α,β-unsaturated/α-hetero) is 1. The minimum absolute atomic E-state index is 0.0747. The molecule has 1 aromatic heterocycles. The largest absolute Gasteiger partial charge is 0.292 e. The van der Waals surface area contributed by atoms with Gasteiger partial charge in [0, 0.05) is 6.42 Å². The van der Waals surface area contributed by atoms with Crippen LogP contribution in [0.25, 0.3) is 5.69 Å². The van der Waals surface area contributed by atoms with Crippen LogP contribution in [0.15, 0.2) is 66.9 Å². The second kappa shape index (κ2) is 5.75. The van der Waals surface area contributed by atoms with Crippen LogP contribution in [0, 0.1) is 6.92 Å². The second-order valence-electron chi connectivity index (χ2n) is 4.99. The summed E-state index contributed by atoms with van der Waals surface area (Å²) < 4.78 is 1.70. The molecule has 0 aliphatic carbocycles. The van der Waals surface area contributed by atoms with Gasteiger partial charge in [-0.1, -0.05) is 42.5 Å². The molecule has 0 spiro atoms. The molecule has 3 rings (SSSR count). The molecule has 3 heteroatoms. The first-order chi connectivity index (χ1) is 10.3. The number of aryl methyl sites for hydroxylation is 1. The van der Waals surface area contributed by atoms with E-state index in [1.54, 1.807) is 16.9 Å². The lowest BCUT2D eigenvalue weighted by molar-refractivity contribution is 0.0985. The highest BCUT2D eigenvalue weighted by molar-refractivity contribution is 5.96. The third-order valence-corrected chi connectivity index (χ3v) is 3.54. The Morgan fingerprint density at radius 2 is 1.71 bits per heavy atom. The van der Waals surface area contributed by atoms with Crippen LogP contribution >= 0.6 is 0 Å². The van der Waals surface area contributed by atoms with Crippen molar-refractivity contribution in [3.63, 3.8) is 0 Å². The minimum Gasteiger partial charge on any atom is -0.292 e. The summed E-state index contributed by atoms with van der Waals surface area (Å²) in [4.78, 5) is 12.6. The molecule has 0 amide bonds. The van der Waals surface area contributed by atoms with Gasteiger partial charge >= 0.3 is 0 Å². The predicted molar refractivity (Wildman–Crippen MR) is 82.8 cm³/mol. The van der Waals surface area contributed by atoms with Gasteiger partial charge < -0.3 is 0 Å². The van der Waals surface area contributed by atoms with Gasteiger partial charge in [-0.25, -0.2) is 4.68 Å². The molecule has 3 aromatic rings. The Hall–Kier alpha value is -2.68. The van der Waals surface area contributed by atoms with Gasteiger partial charge in [-0.15, -0.1) is 0 Å². The molecule has 0 bridgehead atoms. The van der Waals surface area contributed by atoms with E-state index < -0.39 is 0 Å². The fourth-order valence-electron chi connectivity index (χ4n) is 2.36. The zero-order valence-corrected chi connectivity index (χ0v) is 11.9. The normalized spacial score (nSPS) is 10.5. The lowest BCUT2D eigenvalue weighted by Crippen LogP contribution is -2.11. The fourth-order valence-corrected chi connectivity index (χ4v) is 2.36. The molecule has 0 N–H and O–H groups in total. The molecule has 2 aromatic carbocycles. The van der Waals surface area contributed by atoms with Crippen LogP contribution in [-0.2, 0) is 6.42 Å². The number of aromatic nitrogens is 2. The van der Waals surface area contributed by atoms with Crippen molar-refractivity contribution in [3.05, 3.63) is 83.7 Å². The van der Waals surface area contributed by atoms with Crippen LogP contribution in [-0.4, -0.2) is 15.6 Å². The molecule has 0 saturated heterocycles. The molecule has 0 unspecified atom stereocenters. The number of carbonyl (C=O) groups excluding carboxylic acids is 1. The summed E-state index contributed by atoms with van der Waals surface area (Å²) in [6, 6.07) is 19.4. The van der Waals surface area contributed by atoms with Crippen LogP contribution in [0.4, 0.5) is 0 Å². The van der Waals surface area contributed by atoms with Crippen molar-refractivity contribution in [1.82, 2.24) is 9.78 Å². The number of hydrogen-bond donors (Lipinski definition) is 0. The zero-order chi connectivity index (χ0) is 14.7. The van der Waals surface area contributed by atoms with Gasteiger partial charge in [-0.05, 0) is 36.2 Å². The minimum atomic E-state index is 0.0747. The van der Waals surface area contributed by atoms with Crippen molar-refractivity contribution in [2.75, 3.05) is 0 Å². The standard InChI is InChI=1S/C18H16N2O/c1-14-7-5-6-8-15(14)13-18(21)17-11-12-19-20(17)16-9-3-2-4-10-16/h2-12H,13H2,1H3. The van der Waals surface area contributed by atoms with Crippen LogP contribution < -0.4 is 0 Å². The second-order valence-corrected chi connectivity index (χ2v) is 4.99. The molecular formula is C18H16N2O. The lowest BCUT2D eigenvalue weighted by Gasteiger charge is -2.08. The molecule has 3 nitrogen and oxygen atoms in total. The van der Waals surface area contributed by atoms with Crippen molar-refractivity contribution >= 4 is 5.78 Å². The number of benzene rings is 2. The molecule has 104 valence electrons. The maximum Gasteiger partial charge on any atom is 0.185 e. The van der Waals surface area contributed by atoms with E-state index in [4.69, 9.17) is 0 Å². The maximum absolute atomic E-state index is 12.6. The first-order valence-electron chi connectivity index (χ1n) is 6.93. The summed E-state index contributed by atoms with van der Waals surface area (Å²) in [5.41, 5.74) is 3.71. The molecule has 21 heavy (non-hydrogen) atoms. The SMILES string of the molecule is Cc1ccccc1CC(=O)c1ccnn1-c1ccccc1. The Bertz CT molecular complexity index is 760.